The summed E-state index contributed by atoms with van der Waals surface area (Å²) in [7, 11) is -3.36. The van der Waals surface area contributed by atoms with Gasteiger partial charge in [0.05, 0.1) is 0 Å². The lowest BCUT2D eigenvalue weighted by molar-refractivity contribution is 0.248. The van der Waals surface area contributed by atoms with Crippen LogP contribution in [0.4, 0.5) is 0 Å². The molecule has 2 rings (SSSR count). The number of piperidine rings is 1. The van der Waals surface area contributed by atoms with E-state index in [1.807, 2.05) is 0 Å². The molecule has 1 atom stereocenters. The fourth-order valence-corrected chi connectivity index (χ4v) is 4.93. The van der Waals surface area contributed by atoms with E-state index in [2.05, 4.69) is 11.6 Å². The first kappa shape index (κ1) is 15.2. The molecule has 0 aromatic carbocycles. The molecule has 112 valence electrons. The second kappa shape index (κ2) is 6.52. The Bertz CT molecular complexity index is 377. The molecule has 0 bridgehead atoms. The Labute approximate surface area is 117 Å². The van der Waals surface area contributed by atoms with Gasteiger partial charge in [0.25, 0.3) is 10.2 Å². The minimum Gasteiger partial charge on any atom is -0.329 e. The Balaban J connectivity index is 1.96. The van der Waals surface area contributed by atoms with E-state index in [1.54, 1.807) is 4.31 Å². The summed E-state index contributed by atoms with van der Waals surface area (Å²) < 4.78 is 29.4. The van der Waals surface area contributed by atoms with Crippen LogP contribution in [-0.2, 0) is 10.2 Å². The molecule has 1 aliphatic carbocycles. The Morgan fingerprint density at radius 3 is 2.47 bits per heavy atom. The van der Waals surface area contributed by atoms with E-state index in [9.17, 15) is 8.42 Å². The minimum atomic E-state index is -3.36. The van der Waals surface area contributed by atoms with Gasteiger partial charge in [-0.2, -0.15) is 17.4 Å². The second-order valence-corrected chi connectivity index (χ2v) is 7.73. The summed E-state index contributed by atoms with van der Waals surface area (Å²) in [5.41, 5.74) is 5.71. The molecule has 0 amide bonds. The third kappa shape index (κ3) is 3.90. The first-order valence-electron chi connectivity index (χ1n) is 7.52. The lowest BCUT2D eigenvalue weighted by atomic mass is 9.88. The maximum absolute atomic E-state index is 12.5. The Morgan fingerprint density at radius 1 is 1.16 bits per heavy atom. The minimum absolute atomic E-state index is 0.0197. The van der Waals surface area contributed by atoms with E-state index >= 15 is 0 Å². The molecular formula is C13H27N3O2S. The van der Waals surface area contributed by atoms with Crippen LogP contribution in [0.3, 0.4) is 0 Å². The highest BCUT2D eigenvalue weighted by molar-refractivity contribution is 7.87. The van der Waals surface area contributed by atoms with Gasteiger partial charge >= 0.3 is 0 Å². The zero-order valence-corrected chi connectivity index (χ0v) is 12.7. The van der Waals surface area contributed by atoms with E-state index in [0.29, 0.717) is 13.1 Å². The third-order valence-electron chi connectivity index (χ3n) is 4.49. The normalized spacial score (nSPS) is 34.3. The summed E-state index contributed by atoms with van der Waals surface area (Å²) in [5, 5.41) is 0. The van der Waals surface area contributed by atoms with Gasteiger partial charge in [-0.1, -0.05) is 13.3 Å². The van der Waals surface area contributed by atoms with Gasteiger partial charge in [0.1, 0.15) is 0 Å². The van der Waals surface area contributed by atoms with Gasteiger partial charge in [0, 0.05) is 25.2 Å². The summed E-state index contributed by atoms with van der Waals surface area (Å²) in [5.74, 6) is 0.729. The number of nitrogens with one attached hydrogen (secondary N) is 1. The van der Waals surface area contributed by atoms with Crippen LogP contribution in [0.25, 0.3) is 0 Å². The van der Waals surface area contributed by atoms with E-state index in [1.165, 1.54) is 0 Å². The highest BCUT2D eigenvalue weighted by Crippen LogP contribution is 2.25. The Hall–Kier alpha value is -0.170. The number of rotatable bonds is 4. The van der Waals surface area contributed by atoms with Crippen LogP contribution in [0.2, 0.25) is 0 Å². The molecule has 2 fully saturated rings. The lowest BCUT2D eigenvalue weighted by Gasteiger charge is -2.36. The second-order valence-electron chi connectivity index (χ2n) is 6.08. The molecular weight excluding hydrogens is 262 g/mol. The van der Waals surface area contributed by atoms with Gasteiger partial charge in [-0.15, -0.1) is 0 Å². The van der Waals surface area contributed by atoms with Crippen molar-refractivity contribution in [2.24, 2.45) is 11.7 Å². The number of hydrogen-bond donors (Lipinski definition) is 2. The van der Waals surface area contributed by atoms with Crippen LogP contribution >= 0.6 is 0 Å². The fraction of sp³-hybridized carbons (Fsp3) is 1.00. The summed E-state index contributed by atoms with van der Waals surface area (Å²) >= 11 is 0. The highest BCUT2D eigenvalue weighted by Gasteiger charge is 2.33. The van der Waals surface area contributed by atoms with Crippen LogP contribution in [-0.4, -0.2) is 37.9 Å². The van der Waals surface area contributed by atoms with Crippen molar-refractivity contribution in [3.05, 3.63) is 0 Å². The van der Waals surface area contributed by atoms with Crippen LogP contribution in [0.15, 0.2) is 0 Å². The molecule has 19 heavy (non-hydrogen) atoms. The van der Waals surface area contributed by atoms with Crippen LogP contribution < -0.4 is 10.5 Å². The average Bonchev–Trinajstić information content (AvgIpc) is 2.41. The van der Waals surface area contributed by atoms with Crippen molar-refractivity contribution in [3.8, 4) is 0 Å². The van der Waals surface area contributed by atoms with Gasteiger partial charge < -0.3 is 5.73 Å². The van der Waals surface area contributed by atoms with Gasteiger partial charge in [-0.05, 0) is 44.4 Å². The molecule has 1 unspecified atom stereocenters. The quantitative estimate of drug-likeness (QED) is 0.817. The van der Waals surface area contributed by atoms with Crippen molar-refractivity contribution in [2.75, 3.05) is 13.1 Å². The molecule has 0 aromatic heterocycles. The van der Waals surface area contributed by atoms with Crippen molar-refractivity contribution < 1.29 is 8.42 Å². The van der Waals surface area contributed by atoms with Crippen molar-refractivity contribution in [3.63, 3.8) is 0 Å². The maximum atomic E-state index is 12.5. The third-order valence-corrected chi connectivity index (χ3v) is 6.21. The zero-order valence-electron chi connectivity index (χ0n) is 11.8. The maximum Gasteiger partial charge on any atom is 0.279 e. The summed E-state index contributed by atoms with van der Waals surface area (Å²) in [6.07, 6.45) is 7.07. The van der Waals surface area contributed by atoms with Crippen LogP contribution in [0, 0.1) is 5.92 Å². The molecule has 1 aliphatic heterocycles. The number of hydrogen-bond acceptors (Lipinski definition) is 3. The first-order valence-corrected chi connectivity index (χ1v) is 8.96. The van der Waals surface area contributed by atoms with E-state index in [-0.39, 0.29) is 12.1 Å². The molecule has 0 aromatic rings. The predicted octanol–water partition coefficient (Wildman–Crippen LogP) is 1.21. The summed E-state index contributed by atoms with van der Waals surface area (Å²) in [6.45, 7) is 3.27. The molecule has 5 nitrogen and oxygen atoms in total. The highest BCUT2D eigenvalue weighted by atomic mass is 32.2. The van der Waals surface area contributed by atoms with E-state index in [4.69, 9.17) is 5.73 Å². The molecule has 1 saturated carbocycles. The smallest absolute Gasteiger partial charge is 0.279 e. The molecule has 0 spiro atoms. The van der Waals surface area contributed by atoms with E-state index < -0.39 is 10.2 Å². The monoisotopic (exact) mass is 289 g/mol. The lowest BCUT2D eigenvalue weighted by Crippen LogP contribution is -2.54. The summed E-state index contributed by atoms with van der Waals surface area (Å²) in [6, 6.07) is 0.0929. The van der Waals surface area contributed by atoms with Crippen LogP contribution in [0.5, 0.6) is 0 Å². The zero-order chi connectivity index (χ0) is 13.9. The van der Waals surface area contributed by atoms with Gasteiger partial charge in [0.15, 0.2) is 0 Å². The van der Waals surface area contributed by atoms with Crippen molar-refractivity contribution in [2.45, 2.75) is 64.0 Å². The first-order chi connectivity index (χ1) is 9.03. The number of nitrogens with two attached hydrogens (primary N) is 1. The van der Waals surface area contributed by atoms with Crippen molar-refractivity contribution in [1.82, 2.24) is 9.03 Å². The van der Waals surface area contributed by atoms with Gasteiger partial charge in [-0.3, -0.25) is 0 Å². The average molecular weight is 289 g/mol. The predicted molar refractivity (Wildman–Crippen MR) is 76.9 cm³/mol. The van der Waals surface area contributed by atoms with Crippen molar-refractivity contribution >= 4 is 10.2 Å². The van der Waals surface area contributed by atoms with Crippen molar-refractivity contribution in [1.29, 1.82) is 0 Å². The Morgan fingerprint density at radius 2 is 1.84 bits per heavy atom. The van der Waals surface area contributed by atoms with Gasteiger partial charge in [0.2, 0.25) is 0 Å². The number of nitrogens with zero attached hydrogens (tertiary/aromatic N) is 1. The Kier molecular flexibility index (Phi) is 5.22. The molecule has 2 aliphatic rings. The fourth-order valence-electron chi connectivity index (χ4n) is 3.18. The largest absolute Gasteiger partial charge is 0.329 e. The molecule has 6 heteroatoms. The molecule has 0 radical (unpaired) electrons. The van der Waals surface area contributed by atoms with Gasteiger partial charge in [-0.25, -0.2) is 0 Å². The molecule has 1 saturated heterocycles. The standard InChI is InChI=1S/C13H27N3O2S/c1-11-5-7-12(8-6-11)15-19(17,18)16-9-3-2-4-13(16)10-14/h11-13,15H,2-10,14H2,1H3. The SMILES string of the molecule is CC1CCC(NS(=O)(=O)N2CCCCC2CN)CC1. The topological polar surface area (TPSA) is 75.4 Å². The molecule has 3 N–H and O–H groups in total. The van der Waals surface area contributed by atoms with E-state index in [0.717, 1.165) is 50.9 Å². The van der Waals surface area contributed by atoms with Crippen LogP contribution in [0.1, 0.15) is 51.9 Å². The summed E-state index contributed by atoms with van der Waals surface area (Å²) in [4.78, 5) is 0. The molecule has 1 heterocycles.